The summed E-state index contributed by atoms with van der Waals surface area (Å²) in [5, 5.41) is 1.73. The highest BCUT2D eigenvalue weighted by atomic mass is 35.5. The van der Waals surface area contributed by atoms with Gasteiger partial charge in [-0.15, -0.1) is 0 Å². The summed E-state index contributed by atoms with van der Waals surface area (Å²) in [7, 11) is -2.90. The summed E-state index contributed by atoms with van der Waals surface area (Å²) in [4.78, 5) is 0. The Bertz CT molecular complexity index is 689. The van der Waals surface area contributed by atoms with Gasteiger partial charge in [0.05, 0.1) is 5.75 Å². The predicted octanol–water partition coefficient (Wildman–Crippen LogP) is 3.30. The number of rotatable bonds is 5. The Hall–Kier alpha value is -1.00. The third-order valence-electron chi connectivity index (χ3n) is 3.23. The number of hydrogen-bond donors (Lipinski definition) is 0. The summed E-state index contributed by atoms with van der Waals surface area (Å²) in [5.74, 6) is 0.419. The molecule has 0 aliphatic rings. The minimum absolute atomic E-state index is 0.201. The number of halogens is 1. The first-order valence-corrected chi connectivity index (χ1v) is 8.44. The molecule has 1 radical (unpaired) electrons. The van der Waals surface area contributed by atoms with Crippen molar-refractivity contribution in [3.05, 3.63) is 41.9 Å². The molecular weight excluding hydrogens is 282 g/mol. The average molecular weight is 299 g/mol. The van der Waals surface area contributed by atoms with Crippen molar-refractivity contribution in [1.29, 1.82) is 0 Å². The van der Waals surface area contributed by atoms with Gasteiger partial charge in [0, 0.05) is 33.9 Å². The van der Waals surface area contributed by atoms with Crippen molar-refractivity contribution in [1.82, 2.24) is 4.57 Å². The fraction of sp³-hybridized carbons (Fsp3) is 0.357. The van der Waals surface area contributed by atoms with Gasteiger partial charge in [0.25, 0.3) is 0 Å². The van der Waals surface area contributed by atoms with Crippen LogP contribution in [0, 0.1) is 6.92 Å². The molecule has 5 heteroatoms. The van der Waals surface area contributed by atoms with Crippen molar-refractivity contribution in [2.24, 2.45) is 0 Å². The van der Waals surface area contributed by atoms with Gasteiger partial charge in [-0.05, 0) is 37.6 Å². The lowest BCUT2D eigenvalue weighted by Gasteiger charge is -2.08. The van der Waals surface area contributed by atoms with Gasteiger partial charge >= 0.3 is 0 Å². The standard InChI is InChI=1S/C14H17ClNO2S/c1-3-19(17,18)8-4-7-16-11(2)9-12-10-13(15)5-6-14(12)16/h5-6,9-10H,2-4,7-8H2,1H3. The second-order valence-electron chi connectivity index (χ2n) is 4.58. The van der Waals surface area contributed by atoms with Gasteiger partial charge in [-0.2, -0.15) is 0 Å². The van der Waals surface area contributed by atoms with Crippen LogP contribution in [0.25, 0.3) is 10.9 Å². The molecule has 2 rings (SSSR count). The van der Waals surface area contributed by atoms with E-state index in [-0.39, 0.29) is 11.5 Å². The maximum absolute atomic E-state index is 11.5. The third-order valence-corrected chi connectivity index (χ3v) is 5.25. The molecule has 1 heterocycles. The molecule has 0 bridgehead atoms. The van der Waals surface area contributed by atoms with Gasteiger partial charge in [0.15, 0.2) is 0 Å². The number of nitrogens with zero attached hydrogens (tertiary/aromatic N) is 1. The number of sulfone groups is 1. The molecule has 1 aromatic heterocycles. The van der Waals surface area contributed by atoms with E-state index in [1.165, 1.54) is 0 Å². The van der Waals surface area contributed by atoms with Crippen LogP contribution in [0.4, 0.5) is 0 Å². The number of benzene rings is 1. The molecule has 0 saturated carbocycles. The molecule has 0 aliphatic heterocycles. The van der Waals surface area contributed by atoms with Gasteiger partial charge in [-0.1, -0.05) is 18.5 Å². The van der Waals surface area contributed by atoms with Gasteiger partial charge in [-0.3, -0.25) is 0 Å². The van der Waals surface area contributed by atoms with Crippen molar-refractivity contribution < 1.29 is 8.42 Å². The number of fused-ring (bicyclic) bond motifs is 1. The second kappa shape index (κ2) is 5.55. The van der Waals surface area contributed by atoms with Crippen molar-refractivity contribution in [2.45, 2.75) is 19.9 Å². The normalized spacial score (nSPS) is 12.2. The molecule has 0 spiro atoms. The van der Waals surface area contributed by atoms with Gasteiger partial charge in [-0.25, -0.2) is 8.42 Å². The summed E-state index contributed by atoms with van der Waals surface area (Å²) >= 11 is 5.95. The summed E-state index contributed by atoms with van der Waals surface area (Å²) in [5.41, 5.74) is 1.93. The van der Waals surface area contributed by atoms with E-state index in [9.17, 15) is 8.42 Å². The SMILES string of the molecule is [CH2]c1cc2cc(Cl)ccc2n1CCCS(=O)(=O)CC. The number of hydrogen-bond acceptors (Lipinski definition) is 2. The van der Waals surface area contributed by atoms with Crippen LogP contribution >= 0.6 is 11.6 Å². The van der Waals surface area contributed by atoms with Crippen LogP contribution in [0.2, 0.25) is 5.02 Å². The van der Waals surface area contributed by atoms with E-state index in [4.69, 9.17) is 11.6 Å². The minimum Gasteiger partial charge on any atom is -0.345 e. The Labute approximate surface area is 119 Å². The predicted molar refractivity (Wildman–Crippen MR) is 80.4 cm³/mol. The van der Waals surface area contributed by atoms with E-state index in [0.29, 0.717) is 18.0 Å². The number of aryl methyl sites for hydroxylation is 1. The molecule has 103 valence electrons. The molecule has 3 nitrogen and oxygen atoms in total. The summed E-state index contributed by atoms with van der Waals surface area (Å²) in [6.07, 6.45) is 0.602. The van der Waals surface area contributed by atoms with E-state index in [1.54, 1.807) is 6.92 Å². The maximum Gasteiger partial charge on any atom is 0.150 e. The highest BCUT2D eigenvalue weighted by Crippen LogP contribution is 2.23. The molecule has 0 unspecified atom stereocenters. The van der Waals surface area contributed by atoms with Crippen LogP contribution in [0.15, 0.2) is 24.3 Å². The first kappa shape index (κ1) is 14.4. The van der Waals surface area contributed by atoms with E-state index < -0.39 is 9.84 Å². The van der Waals surface area contributed by atoms with Crippen LogP contribution in [0.1, 0.15) is 19.0 Å². The Morgan fingerprint density at radius 3 is 2.74 bits per heavy atom. The molecule has 0 aliphatic carbocycles. The molecule has 0 N–H and O–H groups in total. The quantitative estimate of drug-likeness (QED) is 0.849. The monoisotopic (exact) mass is 298 g/mol. The average Bonchev–Trinajstić information content (AvgIpc) is 2.65. The molecule has 0 fully saturated rings. The summed E-state index contributed by atoms with van der Waals surface area (Å²) < 4.78 is 25.0. The first-order chi connectivity index (χ1) is 8.93. The molecular formula is C14H17ClNO2S. The Kier molecular flexibility index (Phi) is 4.21. The summed E-state index contributed by atoms with van der Waals surface area (Å²) in [6, 6.07) is 7.64. The van der Waals surface area contributed by atoms with Gasteiger partial charge in [0.2, 0.25) is 0 Å². The zero-order chi connectivity index (χ0) is 14.0. The van der Waals surface area contributed by atoms with Crippen molar-refractivity contribution in [3.63, 3.8) is 0 Å². The van der Waals surface area contributed by atoms with Crippen LogP contribution in [-0.2, 0) is 16.4 Å². The molecule has 1 aromatic carbocycles. The van der Waals surface area contributed by atoms with Crippen molar-refractivity contribution >= 4 is 32.3 Å². The van der Waals surface area contributed by atoms with E-state index in [2.05, 4.69) is 6.92 Å². The molecule has 2 aromatic rings. The Morgan fingerprint density at radius 2 is 2.05 bits per heavy atom. The van der Waals surface area contributed by atoms with Crippen LogP contribution < -0.4 is 0 Å². The lowest BCUT2D eigenvalue weighted by atomic mass is 10.2. The topological polar surface area (TPSA) is 39.1 Å². The van der Waals surface area contributed by atoms with E-state index in [1.807, 2.05) is 28.8 Å². The van der Waals surface area contributed by atoms with Gasteiger partial charge in [0.1, 0.15) is 9.84 Å². The molecule has 0 amide bonds. The smallest absolute Gasteiger partial charge is 0.150 e. The lowest BCUT2D eigenvalue weighted by molar-refractivity contribution is 0.588. The summed E-state index contributed by atoms with van der Waals surface area (Å²) in [6.45, 7) is 6.32. The Morgan fingerprint density at radius 1 is 1.32 bits per heavy atom. The van der Waals surface area contributed by atoms with Gasteiger partial charge < -0.3 is 4.57 Å². The highest BCUT2D eigenvalue weighted by molar-refractivity contribution is 7.91. The highest BCUT2D eigenvalue weighted by Gasteiger charge is 2.09. The molecule has 19 heavy (non-hydrogen) atoms. The van der Waals surface area contributed by atoms with Crippen LogP contribution in [-0.4, -0.2) is 24.5 Å². The largest absolute Gasteiger partial charge is 0.345 e. The van der Waals surface area contributed by atoms with Crippen LogP contribution in [0.5, 0.6) is 0 Å². The molecule has 0 saturated heterocycles. The fourth-order valence-electron chi connectivity index (χ4n) is 2.15. The van der Waals surface area contributed by atoms with E-state index >= 15 is 0 Å². The zero-order valence-corrected chi connectivity index (χ0v) is 12.5. The van der Waals surface area contributed by atoms with Crippen molar-refractivity contribution in [3.8, 4) is 0 Å². The molecule has 0 atom stereocenters. The van der Waals surface area contributed by atoms with E-state index in [0.717, 1.165) is 16.6 Å². The van der Waals surface area contributed by atoms with Crippen molar-refractivity contribution in [2.75, 3.05) is 11.5 Å². The fourth-order valence-corrected chi connectivity index (χ4v) is 3.19. The minimum atomic E-state index is -2.90. The lowest BCUT2D eigenvalue weighted by Crippen LogP contribution is -2.11. The Balaban J connectivity index is 2.19. The number of aromatic nitrogens is 1. The first-order valence-electron chi connectivity index (χ1n) is 6.24. The third kappa shape index (κ3) is 3.31. The second-order valence-corrected chi connectivity index (χ2v) is 7.49. The zero-order valence-electron chi connectivity index (χ0n) is 10.9. The van der Waals surface area contributed by atoms with Crippen LogP contribution in [0.3, 0.4) is 0 Å². The maximum atomic E-state index is 11.5.